The highest BCUT2D eigenvalue weighted by atomic mass is 19.4. The molecule has 1 aliphatic carbocycles. The minimum absolute atomic E-state index is 0.0464. The normalized spacial score (nSPS) is 21.6. The van der Waals surface area contributed by atoms with Gasteiger partial charge in [0.05, 0.1) is 11.6 Å². The average Bonchev–Trinajstić information content (AvgIpc) is 3.25. The van der Waals surface area contributed by atoms with E-state index < -0.39 is 11.7 Å². The Bertz CT molecular complexity index is 626. The SMILES string of the molecule is O=C(NC1CC(=O)N(Cc2ccccc2C(F)(F)F)C1)C1CC1. The topological polar surface area (TPSA) is 49.4 Å². The fraction of sp³-hybridized carbons (Fsp3) is 0.500. The minimum Gasteiger partial charge on any atom is -0.351 e. The number of hydrogen-bond donors (Lipinski definition) is 1. The van der Waals surface area contributed by atoms with Crippen LogP contribution in [0.25, 0.3) is 0 Å². The third kappa shape index (κ3) is 3.65. The van der Waals surface area contributed by atoms with Gasteiger partial charge in [-0.1, -0.05) is 18.2 Å². The van der Waals surface area contributed by atoms with Crippen molar-refractivity contribution in [2.75, 3.05) is 6.54 Å². The molecule has 1 aromatic rings. The van der Waals surface area contributed by atoms with Crippen molar-refractivity contribution in [3.63, 3.8) is 0 Å². The predicted molar refractivity (Wildman–Crippen MR) is 76.1 cm³/mol. The molecule has 2 amide bonds. The van der Waals surface area contributed by atoms with E-state index in [4.69, 9.17) is 0 Å². The summed E-state index contributed by atoms with van der Waals surface area (Å²) >= 11 is 0. The third-order valence-corrected chi connectivity index (χ3v) is 4.19. The van der Waals surface area contributed by atoms with Gasteiger partial charge in [0.2, 0.25) is 11.8 Å². The molecule has 124 valence electrons. The standard InChI is InChI=1S/C16H17F3N2O2/c17-16(18,19)13-4-2-1-3-11(13)8-21-9-12(7-14(21)22)20-15(23)10-5-6-10/h1-4,10,12H,5-9H2,(H,20,23). The molecule has 1 aromatic carbocycles. The Hall–Kier alpha value is -2.05. The predicted octanol–water partition coefficient (Wildman–Crippen LogP) is 2.33. The Kier molecular flexibility index (Phi) is 4.04. The molecule has 0 bridgehead atoms. The number of benzene rings is 1. The Balaban J connectivity index is 1.66. The van der Waals surface area contributed by atoms with Crippen LogP contribution in [0.15, 0.2) is 24.3 Å². The van der Waals surface area contributed by atoms with Crippen LogP contribution in [-0.2, 0) is 22.3 Å². The molecule has 0 aromatic heterocycles. The van der Waals surface area contributed by atoms with Crippen LogP contribution in [0.2, 0.25) is 0 Å². The highest BCUT2D eigenvalue weighted by Gasteiger charge is 2.37. The largest absolute Gasteiger partial charge is 0.416 e. The first-order valence-corrected chi connectivity index (χ1v) is 7.58. The van der Waals surface area contributed by atoms with Crippen LogP contribution in [0.1, 0.15) is 30.4 Å². The fourth-order valence-electron chi connectivity index (χ4n) is 2.83. The molecule has 1 heterocycles. The Morgan fingerprint density at radius 3 is 2.61 bits per heavy atom. The summed E-state index contributed by atoms with van der Waals surface area (Å²) in [5.74, 6) is -0.242. The first-order chi connectivity index (χ1) is 10.8. The fourth-order valence-corrected chi connectivity index (χ4v) is 2.83. The maximum atomic E-state index is 13.0. The molecule has 23 heavy (non-hydrogen) atoms. The van der Waals surface area contributed by atoms with Crippen LogP contribution in [0.3, 0.4) is 0 Å². The van der Waals surface area contributed by atoms with Crippen LogP contribution in [0, 0.1) is 5.92 Å². The molecular formula is C16H17F3N2O2. The Morgan fingerprint density at radius 2 is 1.96 bits per heavy atom. The summed E-state index contributed by atoms with van der Waals surface area (Å²) in [5, 5.41) is 2.81. The number of carbonyl (C=O) groups excluding carboxylic acids is 2. The summed E-state index contributed by atoms with van der Waals surface area (Å²) in [5.41, 5.74) is -0.652. The number of carbonyl (C=O) groups is 2. The number of likely N-dealkylation sites (tertiary alicyclic amines) is 1. The molecule has 0 spiro atoms. The highest BCUT2D eigenvalue weighted by molar-refractivity contribution is 5.84. The smallest absolute Gasteiger partial charge is 0.351 e. The van der Waals surface area contributed by atoms with Gasteiger partial charge in [0.15, 0.2) is 0 Å². The van der Waals surface area contributed by atoms with E-state index in [0.29, 0.717) is 0 Å². The lowest BCUT2D eigenvalue weighted by atomic mass is 10.1. The van der Waals surface area contributed by atoms with E-state index in [9.17, 15) is 22.8 Å². The lowest BCUT2D eigenvalue weighted by Gasteiger charge is -2.20. The number of hydrogen-bond acceptors (Lipinski definition) is 2. The molecule has 1 aliphatic heterocycles. The monoisotopic (exact) mass is 326 g/mol. The highest BCUT2D eigenvalue weighted by Crippen LogP contribution is 2.33. The van der Waals surface area contributed by atoms with Crippen molar-refractivity contribution in [2.45, 2.75) is 38.0 Å². The maximum absolute atomic E-state index is 13.0. The molecule has 1 saturated heterocycles. The van der Waals surface area contributed by atoms with Gasteiger partial charge in [0.1, 0.15) is 0 Å². The molecule has 1 saturated carbocycles. The molecule has 1 atom stereocenters. The summed E-state index contributed by atoms with van der Waals surface area (Å²) in [6, 6.07) is 4.94. The second-order valence-corrected chi connectivity index (χ2v) is 6.11. The number of nitrogens with zero attached hydrogens (tertiary/aromatic N) is 1. The van der Waals surface area contributed by atoms with Crippen LogP contribution in [0.5, 0.6) is 0 Å². The lowest BCUT2D eigenvalue weighted by Crippen LogP contribution is -2.37. The van der Waals surface area contributed by atoms with Crippen LogP contribution in [0.4, 0.5) is 13.2 Å². The Morgan fingerprint density at radius 1 is 1.26 bits per heavy atom. The first kappa shape index (κ1) is 15.8. The zero-order valence-corrected chi connectivity index (χ0v) is 12.4. The van der Waals surface area contributed by atoms with Crippen LogP contribution < -0.4 is 5.32 Å². The summed E-state index contributed by atoms with van der Waals surface area (Å²) in [7, 11) is 0. The van der Waals surface area contributed by atoms with E-state index in [1.165, 1.54) is 23.1 Å². The molecule has 1 N–H and O–H groups in total. The molecule has 3 rings (SSSR count). The molecule has 4 nitrogen and oxygen atoms in total. The average molecular weight is 326 g/mol. The van der Waals surface area contributed by atoms with Crippen LogP contribution >= 0.6 is 0 Å². The van der Waals surface area contributed by atoms with Crippen molar-refractivity contribution in [2.24, 2.45) is 5.92 Å². The summed E-state index contributed by atoms with van der Waals surface area (Å²) in [4.78, 5) is 25.1. The first-order valence-electron chi connectivity index (χ1n) is 7.58. The zero-order valence-electron chi connectivity index (χ0n) is 12.4. The number of halogens is 3. The van der Waals surface area contributed by atoms with Gasteiger partial charge < -0.3 is 10.2 Å². The van der Waals surface area contributed by atoms with E-state index in [1.54, 1.807) is 0 Å². The van der Waals surface area contributed by atoms with Gasteiger partial charge in [0, 0.05) is 25.4 Å². The minimum atomic E-state index is -4.45. The van der Waals surface area contributed by atoms with Crippen molar-refractivity contribution in [1.82, 2.24) is 10.2 Å². The number of amides is 2. The second kappa shape index (κ2) is 5.86. The van der Waals surface area contributed by atoms with Crippen LogP contribution in [-0.4, -0.2) is 29.3 Å². The summed E-state index contributed by atoms with van der Waals surface area (Å²) in [6.07, 6.45) is -2.56. The van der Waals surface area contributed by atoms with Gasteiger partial charge >= 0.3 is 6.18 Å². The third-order valence-electron chi connectivity index (χ3n) is 4.19. The van der Waals surface area contributed by atoms with Crippen molar-refractivity contribution in [3.8, 4) is 0 Å². The second-order valence-electron chi connectivity index (χ2n) is 6.11. The Labute approximate surface area is 131 Å². The van der Waals surface area contributed by atoms with Gasteiger partial charge in [-0.05, 0) is 24.5 Å². The van der Waals surface area contributed by atoms with Gasteiger partial charge in [-0.15, -0.1) is 0 Å². The van der Waals surface area contributed by atoms with Gasteiger partial charge in [-0.25, -0.2) is 0 Å². The number of alkyl halides is 3. The van der Waals surface area contributed by atoms with Crippen molar-refractivity contribution < 1.29 is 22.8 Å². The van der Waals surface area contributed by atoms with E-state index >= 15 is 0 Å². The number of rotatable bonds is 4. The summed E-state index contributed by atoms with van der Waals surface area (Å²) in [6.45, 7) is 0.161. The van der Waals surface area contributed by atoms with E-state index in [2.05, 4.69) is 5.32 Å². The molecule has 7 heteroatoms. The molecule has 2 fully saturated rings. The van der Waals surface area contributed by atoms with E-state index in [0.717, 1.165) is 18.9 Å². The maximum Gasteiger partial charge on any atom is 0.416 e. The lowest BCUT2D eigenvalue weighted by molar-refractivity contribution is -0.139. The zero-order chi connectivity index (χ0) is 16.6. The number of nitrogens with one attached hydrogen (secondary N) is 1. The molecule has 1 unspecified atom stereocenters. The molecule has 0 radical (unpaired) electrons. The van der Waals surface area contributed by atoms with Gasteiger partial charge in [-0.2, -0.15) is 13.2 Å². The van der Waals surface area contributed by atoms with E-state index in [1.807, 2.05) is 0 Å². The molecule has 2 aliphatic rings. The van der Waals surface area contributed by atoms with Crippen molar-refractivity contribution in [1.29, 1.82) is 0 Å². The van der Waals surface area contributed by atoms with E-state index in [-0.39, 0.29) is 48.8 Å². The van der Waals surface area contributed by atoms with Gasteiger partial charge in [0.25, 0.3) is 0 Å². The van der Waals surface area contributed by atoms with Crippen molar-refractivity contribution in [3.05, 3.63) is 35.4 Å². The van der Waals surface area contributed by atoms with Gasteiger partial charge in [-0.3, -0.25) is 9.59 Å². The summed E-state index contributed by atoms with van der Waals surface area (Å²) < 4.78 is 39.0. The quantitative estimate of drug-likeness (QED) is 0.923. The van der Waals surface area contributed by atoms with Crippen molar-refractivity contribution >= 4 is 11.8 Å². The molecular weight excluding hydrogens is 309 g/mol.